The number of phosphoric acid groups is 1. The molecule has 10 heteroatoms. The Morgan fingerprint density at radius 2 is 0.753 bits per heavy atom. The minimum atomic E-state index is -4.72. The molecule has 0 spiro atoms. The molecular formula is C75H131N2O7P. The molecule has 0 aromatic rings. The van der Waals surface area contributed by atoms with E-state index in [4.69, 9.17) is 13.8 Å². The number of ether oxygens (including phenoxy) is 1. The van der Waals surface area contributed by atoms with Crippen molar-refractivity contribution in [2.75, 3.05) is 40.9 Å². The molecule has 0 radical (unpaired) electrons. The molecule has 3 unspecified atom stereocenters. The first-order valence-corrected chi connectivity index (χ1v) is 36.3. The smallest absolute Gasteiger partial charge is 0.306 e. The summed E-state index contributed by atoms with van der Waals surface area (Å²) in [5.41, 5.74) is 0. The Hall–Kier alpha value is -3.59. The van der Waals surface area contributed by atoms with Crippen molar-refractivity contribution in [2.45, 2.75) is 303 Å². The number of esters is 1. The predicted molar refractivity (Wildman–Crippen MR) is 367 cm³/mol. The van der Waals surface area contributed by atoms with E-state index < -0.39 is 26.6 Å². The summed E-state index contributed by atoms with van der Waals surface area (Å²) in [4.78, 5) is 40.2. The second-order valence-corrected chi connectivity index (χ2v) is 25.7. The molecule has 0 rings (SSSR count). The quantitative estimate of drug-likeness (QED) is 0.0212. The molecule has 85 heavy (non-hydrogen) atoms. The summed E-state index contributed by atoms with van der Waals surface area (Å²) in [5, 5.41) is 3.03. The molecule has 0 fully saturated rings. The second-order valence-electron chi connectivity index (χ2n) is 24.3. The van der Waals surface area contributed by atoms with Gasteiger partial charge < -0.3 is 28.5 Å². The summed E-state index contributed by atoms with van der Waals surface area (Å²) >= 11 is 0. The van der Waals surface area contributed by atoms with Crippen LogP contribution in [0.3, 0.4) is 0 Å². The largest absolute Gasteiger partial charge is 0.756 e. The molecule has 488 valence electrons. The highest BCUT2D eigenvalue weighted by Crippen LogP contribution is 2.38. The molecule has 0 aliphatic rings. The number of unbranched alkanes of at least 4 members (excludes halogenated alkanes) is 28. The van der Waals surface area contributed by atoms with E-state index in [1.165, 1.54) is 109 Å². The zero-order chi connectivity index (χ0) is 62.1. The van der Waals surface area contributed by atoms with E-state index in [0.717, 1.165) is 141 Å². The molecule has 0 aliphatic heterocycles. The third-order valence-corrected chi connectivity index (χ3v) is 15.8. The Bertz CT molecular complexity index is 1870. The Kier molecular flexibility index (Phi) is 60.8. The Morgan fingerprint density at radius 1 is 0.424 bits per heavy atom. The van der Waals surface area contributed by atoms with Crippen LogP contribution in [0.1, 0.15) is 290 Å². The van der Waals surface area contributed by atoms with Crippen molar-refractivity contribution in [2.24, 2.45) is 0 Å². The summed E-state index contributed by atoms with van der Waals surface area (Å²) in [6.07, 6.45) is 88.8. The first-order chi connectivity index (χ1) is 41.4. The number of nitrogens with zero attached hydrogens (tertiary/aromatic N) is 1. The molecule has 9 nitrogen and oxygen atoms in total. The van der Waals surface area contributed by atoms with E-state index in [9.17, 15) is 19.0 Å². The molecule has 0 aromatic carbocycles. The lowest BCUT2D eigenvalue weighted by atomic mass is 10.0. The number of hydrogen-bond donors (Lipinski definition) is 1. The molecule has 0 heterocycles. The summed E-state index contributed by atoms with van der Waals surface area (Å²) in [7, 11) is 1.16. The van der Waals surface area contributed by atoms with Gasteiger partial charge >= 0.3 is 5.97 Å². The number of carbonyl (C=O) groups excluding carboxylic acids is 2. The fourth-order valence-corrected chi connectivity index (χ4v) is 10.3. The molecular weight excluding hydrogens is 1070 g/mol. The van der Waals surface area contributed by atoms with E-state index in [1.807, 2.05) is 33.3 Å². The van der Waals surface area contributed by atoms with Crippen molar-refractivity contribution in [3.05, 3.63) is 122 Å². The summed E-state index contributed by atoms with van der Waals surface area (Å²) in [6, 6.07) is -0.908. The van der Waals surface area contributed by atoms with Gasteiger partial charge in [0.25, 0.3) is 7.82 Å². The van der Waals surface area contributed by atoms with Crippen LogP contribution in [-0.2, 0) is 27.9 Å². The molecule has 0 bridgehead atoms. The van der Waals surface area contributed by atoms with E-state index >= 15 is 0 Å². The van der Waals surface area contributed by atoms with Gasteiger partial charge in [0.2, 0.25) is 5.91 Å². The molecule has 1 N–H and O–H groups in total. The van der Waals surface area contributed by atoms with Crippen LogP contribution in [-0.4, -0.2) is 69.4 Å². The monoisotopic (exact) mass is 1200 g/mol. The van der Waals surface area contributed by atoms with Gasteiger partial charge in [0.1, 0.15) is 19.3 Å². The average molecular weight is 1200 g/mol. The first-order valence-electron chi connectivity index (χ1n) is 34.8. The van der Waals surface area contributed by atoms with Crippen molar-refractivity contribution >= 4 is 19.7 Å². The van der Waals surface area contributed by atoms with E-state index in [1.54, 1.807) is 0 Å². The third-order valence-electron chi connectivity index (χ3n) is 14.9. The Balaban J connectivity index is 5.18. The molecule has 1 amide bonds. The van der Waals surface area contributed by atoms with Crippen LogP contribution in [0.5, 0.6) is 0 Å². The SMILES string of the molecule is CC/C=C\C/C=C\C/C=C\C/C=C\C/C=C\C/C=C\CCCCCCCCCCC(=O)OC(/C=C\CCCCCCCCCCCCC)C(COP(=O)([O-])OCC[N+](C)(C)C)NC(=O)CCCCCCCC/C=C\C/C=C\C/C=C\CCCCC. The number of amides is 1. The van der Waals surface area contributed by atoms with Gasteiger partial charge in [-0.3, -0.25) is 14.2 Å². The summed E-state index contributed by atoms with van der Waals surface area (Å²) in [6.45, 7) is 6.69. The van der Waals surface area contributed by atoms with Gasteiger partial charge in [-0.05, 0) is 122 Å². The van der Waals surface area contributed by atoms with Gasteiger partial charge in [-0.1, -0.05) is 277 Å². The van der Waals surface area contributed by atoms with Crippen LogP contribution < -0.4 is 10.2 Å². The molecule has 0 saturated heterocycles. The molecule has 0 aromatic heterocycles. The average Bonchev–Trinajstić information content (AvgIpc) is 3.50. The summed E-state index contributed by atoms with van der Waals surface area (Å²) in [5.74, 6) is -0.567. The van der Waals surface area contributed by atoms with Crippen LogP contribution in [0.4, 0.5) is 0 Å². The maximum absolute atomic E-state index is 13.6. The van der Waals surface area contributed by atoms with Crippen LogP contribution >= 0.6 is 7.82 Å². The highest BCUT2D eigenvalue weighted by molar-refractivity contribution is 7.45. The normalized spacial score (nSPS) is 14.3. The highest BCUT2D eigenvalue weighted by Gasteiger charge is 2.27. The predicted octanol–water partition coefficient (Wildman–Crippen LogP) is 21.6. The van der Waals surface area contributed by atoms with Crippen LogP contribution in [0.25, 0.3) is 0 Å². The number of quaternary nitrogens is 1. The maximum atomic E-state index is 13.6. The second kappa shape index (κ2) is 63.4. The van der Waals surface area contributed by atoms with Crippen molar-refractivity contribution in [1.29, 1.82) is 0 Å². The minimum Gasteiger partial charge on any atom is -0.756 e. The van der Waals surface area contributed by atoms with Gasteiger partial charge in [0.15, 0.2) is 0 Å². The summed E-state index contributed by atoms with van der Waals surface area (Å²) < 4.78 is 30.4. The lowest BCUT2D eigenvalue weighted by Gasteiger charge is -2.30. The number of nitrogens with one attached hydrogen (secondary N) is 1. The molecule has 0 aliphatic carbocycles. The molecule has 0 saturated carbocycles. The maximum Gasteiger partial charge on any atom is 0.306 e. The first kappa shape index (κ1) is 81.4. The zero-order valence-corrected chi connectivity index (χ0v) is 56.7. The number of rotatable bonds is 62. The lowest BCUT2D eigenvalue weighted by Crippen LogP contribution is -2.47. The van der Waals surface area contributed by atoms with Crippen LogP contribution in [0.15, 0.2) is 122 Å². The Labute approximate surface area is 524 Å². The van der Waals surface area contributed by atoms with Crippen LogP contribution in [0.2, 0.25) is 0 Å². The van der Waals surface area contributed by atoms with E-state index in [-0.39, 0.29) is 24.9 Å². The lowest BCUT2D eigenvalue weighted by molar-refractivity contribution is -0.870. The van der Waals surface area contributed by atoms with Gasteiger partial charge in [-0.25, -0.2) is 0 Å². The van der Waals surface area contributed by atoms with Gasteiger partial charge in [0.05, 0.1) is 33.8 Å². The number of allylic oxidation sites excluding steroid dienone is 19. The molecule has 3 atom stereocenters. The highest BCUT2D eigenvalue weighted by atomic mass is 31.2. The minimum absolute atomic E-state index is 0.0322. The van der Waals surface area contributed by atoms with Crippen molar-refractivity contribution in [1.82, 2.24) is 5.32 Å². The number of phosphoric ester groups is 1. The van der Waals surface area contributed by atoms with Gasteiger partial charge in [-0.2, -0.15) is 0 Å². The topological polar surface area (TPSA) is 114 Å². The Morgan fingerprint density at radius 3 is 1.15 bits per heavy atom. The fraction of sp³-hybridized carbons (Fsp3) is 0.707. The van der Waals surface area contributed by atoms with Crippen molar-refractivity contribution in [3.63, 3.8) is 0 Å². The third kappa shape index (κ3) is 64.7. The van der Waals surface area contributed by atoms with E-state index in [0.29, 0.717) is 23.9 Å². The number of likely N-dealkylation sites (N-methyl/N-ethyl adjacent to an activating group) is 1. The fourth-order valence-electron chi connectivity index (χ4n) is 9.53. The van der Waals surface area contributed by atoms with E-state index in [2.05, 4.69) is 135 Å². The number of carbonyl (C=O) groups is 2. The zero-order valence-electron chi connectivity index (χ0n) is 55.8. The van der Waals surface area contributed by atoms with Crippen LogP contribution in [0, 0.1) is 0 Å². The van der Waals surface area contributed by atoms with Gasteiger partial charge in [-0.15, -0.1) is 0 Å². The van der Waals surface area contributed by atoms with Crippen molar-refractivity contribution in [3.8, 4) is 0 Å². The standard InChI is InChI=1S/C75H131N2O7P/c1-7-10-13-16-19-22-25-28-30-32-34-35-36-37-38-39-40-41-43-45-47-50-53-56-59-62-65-68-75(79)84-73(66-63-60-57-54-51-48-27-24-21-18-15-12-9-3)72(71-83-85(80,81)82-70-69-77(4,5)6)76-74(78)67-64-61-58-55-52-49-46-44-42-33-31-29-26-23-20-17-14-11-8-2/h10,13,19-20,22-23,28-31,34-35,37-38,40-42,44,63,66,72-73H,7-9,11-12,14-18,21,24-27,32-33,36,39,43,45-62,64-65,67-71H2,1-6H3,(H-,76,78,80,81)/b13-10-,22-19-,23-20-,30-28-,31-29-,35-34-,38-37-,41-40-,44-42-,66-63-. The van der Waals surface area contributed by atoms with Gasteiger partial charge in [0, 0.05) is 12.8 Å². The van der Waals surface area contributed by atoms with Crippen molar-refractivity contribution < 1.29 is 37.3 Å². The number of hydrogen-bond acceptors (Lipinski definition) is 7.